The number of piperazine rings is 1. The summed E-state index contributed by atoms with van der Waals surface area (Å²) in [6.07, 6.45) is 1.63. The second-order valence-corrected chi connectivity index (χ2v) is 8.33. The molecule has 1 aromatic carbocycles. The SMILES string of the molecule is O=C(CC1CCCCC1)NCC(=O)N1CCN(Cc2ccc(OC(F)(F)F)cc2)CC1. The maximum absolute atomic E-state index is 12.4. The number of nitrogens with one attached hydrogen (secondary N) is 1. The van der Waals surface area contributed by atoms with Gasteiger partial charge in [-0.1, -0.05) is 31.4 Å². The number of hydrogen-bond donors (Lipinski definition) is 1. The summed E-state index contributed by atoms with van der Waals surface area (Å²) in [5.74, 6) is 0.0841. The van der Waals surface area contributed by atoms with Gasteiger partial charge in [-0.05, 0) is 36.5 Å². The maximum Gasteiger partial charge on any atom is 0.573 e. The van der Waals surface area contributed by atoms with Gasteiger partial charge in [-0.25, -0.2) is 0 Å². The third-order valence-corrected chi connectivity index (χ3v) is 5.92. The summed E-state index contributed by atoms with van der Waals surface area (Å²) in [6, 6.07) is 5.83. The highest BCUT2D eigenvalue weighted by molar-refractivity contribution is 5.84. The number of rotatable bonds is 7. The van der Waals surface area contributed by atoms with Gasteiger partial charge in [0.05, 0.1) is 6.54 Å². The molecule has 2 fully saturated rings. The van der Waals surface area contributed by atoms with Crippen molar-refractivity contribution in [3.05, 3.63) is 29.8 Å². The first-order valence-corrected chi connectivity index (χ1v) is 10.9. The fourth-order valence-corrected chi connectivity index (χ4v) is 4.22. The van der Waals surface area contributed by atoms with Crippen LogP contribution < -0.4 is 10.1 Å². The van der Waals surface area contributed by atoms with Crippen molar-refractivity contribution in [3.63, 3.8) is 0 Å². The van der Waals surface area contributed by atoms with E-state index in [0.717, 1.165) is 18.4 Å². The number of carbonyl (C=O) groups is 2. The Bertz CT molecular complexity index is 726. The fraction of sp³-hybridized carbons (Fsp3) is 0.636. The van der Waals surface area contributed by atoms with Crippen LogP contribution in [0.1, 0.15) is 44.1 Å². The molecule has 6 nitrogen and oxygen atoms in total. The van der Waals surface area contributed by atoms with Crippen molar-refractivity contribution in [2.45, 2.75) is 51.4 Å². The molecule has 1 aliphatic heterocycles. The van der Waals surface area contributed by atoms with Crippen LogP contribution in [-0.2, 0) is 16.1 Å². The predicted molar refractivity (Wildman–Crippen MR) is 109 cm³/mol. The molecule has 9 heteroatoms. The van der Waals surface area contributed by atoms with Crippen LogP contribution in [0.3, 0.4) is 0 Å². The average Bonchev–Trinajstić information content (AvgIpc) is 2.74. The molecule has 0 bridgehead atoms. The van der Waals surface area contributed by atoms with Gasteiger partial charge < -0.3 is 15.0 Å². The summed E-state index contributed by atoms with van der Waals surface area (Å²) in [6.45, 7) is 3.09. The van der Waals surface area contributed by atoms with Crippen LogP contribution in [0, 0.1) is 5.92 Å². The van der Waals surface area contributed by atoms with E-state index in [1.165, 1.54) is 31.4 Å². The van der Waals surface area contributed by atoms with E-state index in [1.54, 1.807) is 17.0 Å². The number of alkyl halides is 3. The van der Waals surface area contributed by atoms with Gasteiger partial charge in [0, 0.05) is 39.1 Å². The number of ether oxygens (including phenoxy) is 1. The van der Waals surface area contributed by atoms with Crippen LogP contribution in [0.2, 0.25) is 0 Å². The Kier molecular flexibility index (Phi) is 8.17. The Labute approximate surface area is 180 Å². The van der Waals surface area contributed by atoms with Crippen LogP contribution in [0.25, 0.3) is 0 Å². The monoisotopic (exact) mass is 441 g/mol. The molecule has 0 aromatic heterocycles. The summed E-state index contributed by atoms with van der Waals surface area (Å²) >= 11 is 0. The van der Waals surface area contributed by atoms with Gasteiger partial charge in [-0.3, -0.25) is 14.5 Å². The van der Waals surface area contributed by atoms with Crippen molar-refractivity contribution in [1.82, 2.24) is 15.1 Å². The van der Waals surface area contributed by atoms with Crippen molar-refractivity contribution >= 4 is 11.8 Å². The molecule has 2 aliphatic rings. The molecule has 1 saturated carbocycles. The molecule has 0 spiro atoms. The Morgan fingerprint density at radius 3 is 2.26 bits per heavy atom. The minimum absolute atomic E-state index is 0.0339. The van der Waals surface area contributed by atoms with Crippen molar-refractivity contribution < 1.29 is 27.5 Å². The number of benzene rings is 1. The number of hydrogen-bond acceptors (Lipinski definition) is 4. The maximum atomic E-state index is 12.4. The first-order valence-electron chi connectivity index (χ1n) is 10.9. The van der Waals surface area contributed by atoms with Gasteiger partial charge in [-0.2, -0.15) is 0 Å². The second-order valence-electron chi connectivity index (χ2n) is 8.33. The molecule has 0 unspecified atom stereocenters. The molecule has 1 aromatic rings. The highest BCUT2D eigenvalue weighted by atomic mass is 19.4. The van der Waals surface area contributed by atoms with Crippen molar-refractivity contribution in [3.8, 4) is 5.75 Å². The zero-order chi connectivity index (χ0) is 22.3. The molecule has 1 saturated heterocycles. The van der Waals surface area contributed by atoms with E-state index in [4.69, 9.17) is 0 Å². The summed E-state index contributed by atoms with van der Waals surface area (Å²) < 4.78 is 40.6. The first kappa shape index (κ1) is 23.4. The largest absolute Gasteiger partial charge is 0.573 e. The molecule has 1 aliphatic carbocycles. The molecule has 172 valence electrons. The van der Waals surface area contributed by atoms with Crippen LogP contribution >= 0.6 is 0 Å². The Morgan fingerprint density at radius 1 is 1.00 bits per heavy atom. The van der Waals surface area contributed by atoms with Crippen LogP contribution in [0.15, 0.2) is 24.3 Å². The lowest BCUT2D eigenvalue weighted by Gasteiger charge is -2.34. The van der Waals surface area contributed by atoms with E-state index in [2.05, 4.69) is 15.0 Å². The molecule has 1 N–H and O–H groups in total. The normalized spacial score (nSPS) is 18.6. The van der Waals surface area contributed by atoms with E-state index in [0.29, 0.717) is 45.1 Å². The van der Waals surface area contributed by atoms with E-state index in [-0.39, 0.29) is 24.1 Å². The van der Waals surface area contributed by atoms with Gasteiger partial charge in [0.2, 0.25) is 11.8 Å². The summed E-state index contributed by atoms with van der Waals surface area (Å²) in [5, 5.41) is 2.76. The standard InChI is InChI=1S/C22H30F3N3O3/c23-22(24,25)31-19-8-6-18(7-9-19)16-27-10-12-28(13-11-27)21(30)15-26-20(29)14-17-4-2-1-3-5-17/h6-9,17H,1-5,10-16H2,(H,26,29). The quantitative estimate of drug-likeness (QED) is 0.705. The van der Waals surface area contributed by atoms with Crippen molar-refractivity contribution in [1.29, 1.82) is 0 Å². The zero-order valence-corrected chi connectivity index (χ0v) is 17.6. The minimum atomic E-state index is -4.69. The second kappa shape index (κ2) is 10.8. The van der Waals surface area contributed by atoms with Crippen LogP contribution in [-0.4, -0.2) is 60.7 Å². The molecular formula is C22H30F3N3O3. The molecular weight excluding hydrogens is 411 g/mol. The number of carbonyl (C=O) groups excluding carboxylic acids is 2. The third kappa shape index (κ3) is 8.05. The average molecular weight is 441 g/mol. The number of amides is 2. The number of halogens is 3. The molecule has 1 heterocycles. The topological polar surface area (TPSA) is 61.9 Å². The smallest absolute Gasteiger partial charge is 0.406 e. The van der Waals surface area contributed by atoms with Crippen LogP contribution in [0.5, 0.6) is 5.75 Å². The minimum Gasteiger partial charge on any atom is -0.406 e. The Hall–Kier alpha value is -2.29. The van der Waals surface area contributed by atoms with Crippen molar-refractivity contribution in [2.24, 2.45) is 5.92 Å². The van der Waals surface area contributed by atoms with Gasteiger partial charge in [0.15, 0.2) is 0 Å². The first-order chi connectivity index (χ1) is 14.8. The van der Waals surface area contributed by atoms with Gasteiger partial charge in [0.1, 0.15) is 5.75 Å². The van der Waals surface area contributed by atoms with Gasteiger partial charge in [-0.15, -0.1) is 13.2 Å². The summed E-state index contributed by atoms with van der Waals surface area (Å²) in [7, 11) is 0. The van der Waals surface area contributed by atoms with Gasteiger partial charge >= 0.3 is 6.36 Å². The highest BCUT2D eigenvalue weighted by Gasteiger charge is 2.31. The van der Waals surface area contributed by atoms with E-state index in [1.807, 2.05) is 0 Å². The third-order valence-electron chi connectivity index (χ3n) is 5.92. The lowest BCUT2D eigenvalue weighted by Crippen LogP contribution is -2.50. The van der Waals surface area contributed by atoms with Crippen LogP contribution in [0.4, 0.5) is 13.2 Å². The fourth-order valence-electron chi connectivity index (χ4n) is 4.22. The lowest BCUT2D eigenvalue weighted by molar-refractivity contribution is -0.274. The van der Waals surface area contributed by atoms with E-state index < -0.39 is 6.36 Å². The van der Waals surface area contributed by atoms with Crippen molar-refractivity contribution in [2.75, 3.05) is 32.7 Å². The Balaban J connectivity index is 1.35. The molecule has 0 radical (unpaired) electrons. The van der Waals surface area contributed by atoms with Gasteiger partial charge in [0.25, 0.3) is 0 Å². The van der Waals surface area contributed by atoms with E-state index >= 15 is 0 Å². The predicted octanol–water partition coefficient (Wildman–Crippen LogP) is 3.32. The van der Waals surface area contributed by atoms with E-state index in [9.17, 15) is 22.8 Å². The highest BCUT2D eigenvalue weighted by Crippen LogP contribution is 2.26. The molecule has 0 atom stereocenters. The molecule has 3 rings (SSSR count). The summed E-state index contributed by atoms with van der Waals surface area (Å²) in [5.41, 5.74) is 0.879. The molecule has 2 amide bonds. The summed E-state index contributed by atoms with van der Waals surface area (Å²) in [4.78, 5) is 28.4. The Morgan fingerprint density at radius 2 is 1.65 bits per heavy atom. The number of nitrogens with zero attached hydrogens (tertiary/aromatic N) is 2. The lowest BCUT2D eigenvalue weighted by atomic mass is 9.87. The zero-order valence-electron chi connectivity index (χ0n) is 17.6. The molecule has 31 heavy (non-hydrogen) atoms.